The number of carbonyl (C=O) groups is 1. The number of carboxylic acid groups (broad SMARTS) is 1. The van der Waals surface area contributed by atoms with Gasteiger partial charge < -0.3 is 5.11 Å². The SMILES string of the molecule is O=CO.[C].[Pd]. The second-order valence-corrected chi connectivity index (χ2v) is 0.105. The van der Waals surface area contributed by atoms with E-state index in [9.17, 15) is 0 Å². The van der Waals surface area contributed by atoms with E-state index in [4.69, 9.17) is 9.90 Å². The quantitative estimate of drug-likeness (QED) is 0.397. The Hall–Kier alpha value is 0.132. The van der Waals surface area contributed by atoms with Crippen LogP contribution >= 0.6 is 0 Å². The summed E-state index contributed by atoms with van der Waals surface area (Å²) in [5, 5.41) is 6.89. The van der Waals surface area contributed by atoms with Gasteiger partial charge in [-0.3, -0.25) is 4.79 Å². The van der Waals surface area contributed by atoms with Crippen molar-refractivity contribution in [1.29, 1.82) is 0 Å². The summed E-state index contributed by atoms with van der Waals surface area (Å²) in [5.41, 5.74) is 0. The van der Waals surface area contributed by atoms with Gasteiger partial charge in [-0.15, -0.1) is 0 Å². The van der Waals surface area contributed by atoms with E-state index in [1.807, 2.05) is 0 Å². The van der Waals surface area contributed by atoms with Gasteiger partial charge in [-0.05, 0) is 0 Å². The van der Waals surface area contributed by atoms with Gasteiger partial charge in [0.1, 0.15) is 0 Å². The second-order valence-electron chi connectivity index (χ2n) is 0.105. The van der Waals surface area contributed by atoms with E-state index >= 15 is 0 Å². The van der Waals surface area contributed by atoms with Crippen LogP contribution in [0.5, 0.6) is 0 Å². The van der Waals surface area contributed by atoms with Gasteiger partial charge in [0.05, 0.1) is 0 Å². The molecule has 0 fully saturated rings. The topological polar surface area (TPSA) is 37.3 Å². The van der Waals surface area contributed by atoms with Crippen LogP contribution < -0.4 is 0 Å². The van der Waals surface area contributed by atoms with Crippen molar-refractivity contribution in [2.24, 2.45) is 0 Å². The minimum Gasteiger partial charge on any atom is -0.483 e. The molecule has 0 aliphatic carbocycles. The standard InChI is InChI=1S/CH2O2.C.Pd/c2-1-3;;/h1H,(H,2,3);;. The number of hydrogen-bond donors (Lipinski definition) is 1. The fraction of sp³-hybridized carbons (Fsp3) is 0. The van der Waals surface area contributed by atoms with Gasteiger partial charge in [0.15, 0.2) is 0 Å². The Kier molecular flexibility index (Phi) is 122. The molecule has 1 N–H and O–H groups in total. The van der Waals surface area contributed by atoms with Crippen LogP contribution in [-0.4, -0.2) is 11.6 Å². The molecule has 0 bridgehead atoms. The molecule has 0 aliphatic rings. The molecule has 0 unspecified atom stereocenters. The molecule has 4 radical (unpaired) electrons. The Morgan fingerprint density at radius 1 is 1.60 bits per heavy atom. The molecule has 32 valence electrons. The van der Waals surface area contributed by atoms with Crippen molar-refractivity contribution in [1.82, 2.24) is 0 Å². The van der Waals surface area contributed by atoms with Crippen LogP contribution in [0.15, 0.2) is 0 Å². The normalized spacial score (nSPS) is 2.40. The monoisotopic (exact) mass is 164 g/mol. The number of rotatable bonds is 0. The van der Waals surface area contributed by atoms with Gasteiger partial charge in [-0.25, -0.2) is 0 Å². The number of hydrogen-bond acceptors (Lipinski definition) is 1. The fourth-order valence-corrected chi connectivity index (χ4v) is 0. The van der Waals surface area contributed by atoms with Gasteiger partial charge in [-0.1, -0.05) is 0 Å². The zero-order chi connectivity index (χ0) is 2.71. The van der Waals surface area contributed by atoms with E-state index < -0.39 is 0 Å². The molecule has 0 heterocycles. The van der Waals surface area contributed by atoms with Gasteiger partial charge in [0.25, 0.3) is 6.47 Å². The third kappa shape index (κ3) is 1070. The van der Waals surface area contributed by atoms with Gasteiger partial charge in [-0.2, -0.15) is 0 Å². The van der Waals surface area contributed by atoms with E-state index in [2.05, 4.69) is 0 Å². The zero-order valence-corrected chi connectivity index (χ0v) is 3.80. The van der Waals surface area contributed by atoms with E-state index in [0.29, 0.717) is 0 Å². The summed E-state index contributed by atoms with van der Waals surface area (Å²) in [6.45, 7) is -0.250. The summed E-state index contributed by atoms with van der Waals surface area (Å²) in [4.78, 5) is 8.36. The van der Waals surface area contributed by atoms with Crippen molar-refractivity contribution in [3.8, 4) is 0 Å². The van der Waals surface area contributed by atoms with Crippen LogP contribution in [0.2, 0.25) is 0 Å². The van der Waals surface area contributed by atoms with E-state index in [1.54, 1.807) is 0 Å². The molecule has 0 aromatic rings. The summed E-state index contributed by atoms with van der Waals surface area (Å²) in [5.74, 6) is 0. The van der Waals surface area contributed by atoms with E-state index in [-0.39, 0.29) is 34.3 Å². The first kappa shape index (κ1) is 19.3. The van der Waals surface area contributed by atoms with Crippen LogP contribution in [-0.2, 0) is 25.2 Å². The van der Waals surface area contributed by atoms with Gasteiger partial charge in [0.2, 0.25) is 0 Å². The van der Waals surface area contributed by atoms with Crippen molar-refractivity contribution >= 4 is 6.47 Å². The third-order valence-corrected chi connectivity index (χ3v) is 0. The van der Waals surface area contributed by atoms with Crippen molar-refractivity contribution in [3.05, 3.63) is 7.43 Å². The van der Waals surface area contributed by atoms with Crippen molar-refractivity contribution in [2.45, 2.75) is 0 Å². The van der Waals surface area contributed by atoms with Gasteiger partial charge >= 0.3 is 0 Å². The smallest absolute Gasteiger partial charge is 0.290 e. The molecule has 0 rings (SSSR count). The molecule has 0 saturated heterocycles. The van der Waals surface area contributed by atoms with E-state index in [1.165, 1.54) is 0 Å². The Morgan fingerprint density at radius 2 is 1.60 bits per heavy atom. The predicted molar refractivity (Wildman–Crippen MR) is 11.9 cm³/mol. The molecule has 0 amide bonds. The average molecular weight is 164 g/mol. The first-order valence-corrected chi connectivity index (χ1v) is 0.494. The van der Waals surface area contributed by atoms with Crippen molar-refractivity contribution in [2.75, 3.05) is 0 Å². The Labute approximate surface area is 44.8 Å². The molecule has 0 spiro atoms. The first-order valence-electron chi connectivity index (χ1n) is 0.494. The Balaban J connectivity index is -0.0000000200. The maximum Gasteiger partial charge on any atom is 0.290 e. The largest absolute Gasteiger partial charge is 0.483 e. The van der Waals surface area contributed by atoms with Gasteiger partial charge in [0, 0.05) is 27.8 Å². The maximum atomic E-state index is 8.36. The minimum absolute atomic E-state index is 0. The summed E-state index contributed by atoms with van der Waals surface area (Å²) < 4.78 is 0. The molecular weight excluding hydrogens is 162 g/mol. The van der Waals surface area contributed by atoms with E-state index in [0.717, 1.165) is 0 Å². The van der Waals surface area contributed by atoms with Crippen LogP contribution in [0.4, 0.5) is 0 Å². The van der Waals surface area contributed by atoms with Crippen LogP contribution in [0.1, 0.15) is 0 Å². The molecule has 0 saturated carbocycles. The van der Waals surface area contributed by atoms with Crippen LogP contribution in [0.25, 0.3) is 0 Å². The maximum absolute atomic E-state index is 8.36. The molecular formula is C2H2O2Pd. The zero-order valence-electron chi connectivity index (χ0n) is 2.25. The average Bonchev–Trinajstić information content (AvgIpc) is 0.918. The van der Waals surface area contributed by atoms with Crippen LogP contribution in [0, 0.1) is 7.43 Å². The van der Waals surface area contributed by atoms with Crippen molar-refractivity contribution < 1.29 is 30.3 Å². The molecule has 3 heteroatoms. The molecule has 0 aliphatic heterocycles. The molecule has 2 nitrogen and oxygen atoms in total. The molecule has 5 heavy (non-hydrogen) atoms. The summed E-state index contributed by atoms with van der Waals surface area (Å²) in [6, 6.07) is 0. The predicted octanol–water partition coefficient (Wildman–Crippen LogP) is -0.220. The Morgan fingerprint density at radius 3 is 1.60 bits per heavy atom. The molecule has 0 atom stereocenters. The first-order chi connectivity index (χ1) is 1.41. The fourth-order valence-electron chi connectivity index (χ4n) is 0. The Bertz CT molecular complexity index is 15.1. The van der Waals surface area contributed by atoms with Crippen LogP contribution in [0.3, 0.4) is 0 Å². The van der Waals surface area contributed by atoms with Crippen molar-refractivity contribution in [3.63, 3.8) is 0 Å². The summed E-state index contributed by atoms with van der Waals surface area (Å²) >= 11 is 0. The molecule has 0 aromatic heterocycles. The summed E-state index contributed by atoms with van der Waals surface area (Å²) in [6.07, 6.45) is 0. The minimum atomic E-state index is -0.250. The second kappa shape index (κ2) is 31.6. The molecule has 0 aromatic carbocycles. The summed E-state index contributed by atoms with van der Waals surface area (Å²) in [7, 11) is 0. The third-order valence-electron chi connectivity index (χ3n) is 0.